The van der Waals surface area contributed by atoms with E-state index in [0.717, 1.165) is 39.5 Å². The van der Waals surface area contributed by atoms with Crippen LogP contribution in [0.2, 0.25) is 0 Å². The van der Waals surface area contributed by atoms with Gasteiger partial charge < -0.3 is 20.2 Å². The Labute approximate surface area is 211 Å². The molecule has 1 atom stereocenters. The smallest absolute Gasteiger partial charge is 0.262 e. The number of thiophene rings is 1. The summed E-state index contributed by atoms with van der Waals surface area (Å²) in [6.07, 6.45) is 8.97. The molecule has 1 aliphatic heterocycles. The van der Waals surface area contributed by atoms with Crippen LogP contribution in [0, 0.1) is 0 Å². The quantitative estimate of drug-likeness (QED) is 0.317. The Morgan fingerprint density at radius 3 is 2.78 bits per heavy atom. The fourth-order valence-electron chi connectivity index (χ4n) is 4.91. The fourth-order valence-corrected chi connectivity index (χ4v) is 5.54. The zero-order valence-electron chi connectivity index (χ0n) is 19.5. The van der Waals surface area contributed by atoms with E-state index in [1.165, 1.54) is 16.9 Å². The zero-order valence-corrected chi connectivity index (χ0v) is 20.3. The summed E-state index contributed by atoms with van der Waals surface area (Å²) in [6.45, 7) is 1.09. The number of aromatic nitrogens is 3. The van der Waals surface area contributed by atoms with Crippen molar-refractivity contribution in [3.05, 3.63) is 94.6 Å². The number of amides is 2. The predicted octanol–water partition coefficient (Wildman–Crippen LogP) is 4.76. The van der Waals surface area contributed by atoms with E-state index in [1.54, 1.807) is 12.3 Å². The van der Waals surface area contributed by atoms with Crippen LogP contribution in [0.15, 0.2) is 78.6 Å². The number of hydrogen-bond acceptors (Lipinski definition) is 4. The molecule has 5 aromatic rings. The van der Waals surface area contributed by atoms with Gasteiger partial charge in [-0.1, -0.05) is 30.3 Å². The van der Waals surface area contributed by atoms with Crippen LogP contribution >= 0.6 is 11.3 Å². The molecule has 0 spiro atoms. The molecule has 1 aliphatic rings. The maximum atomic E-state index is 13.7. The van der Waals surface area contributed by atoms with Crippen molar-refractivity contribution in [3.8, 4) is 0 Å². The summed E-state index contributed by atoms with van der Waals surface area (Å²) in [5, 5.41) is 7.03. The van der Waals surface area contributed by atoms with Gasteiger partial charge in [0.25, 0.3) is 5.91 Å². The van der Waals surface area contributed by atoms with Gasteiger partial charge in [0.05, 0.1) is 4.88 Å². The molecular weight excluding hydrogens is 470 g/mol. The molecule has 3 N–H and O–H groups in total. The van der Waals surface area contributed by atoms with Crippen LogP contribution in [0.4, 0.5) is 0 Å². The number of H-pyrrole nitrogens is 2. The number of fused-ring (bicyclic) bond motifs is 2. The first-order valence-corrected chi connectivity index (χ1v) is 12.8. The maximum Gasteiger partial charge on any atom is 0.262 e. The molecule has 0 fully saturated rings. The van der Waals surface area contributed by atoms with Gasteiger partial charge in [-0.25, -0.2) is 4.98 Å². The maximum absolute atomic E-state index is 13.7. The number of carbonyl (C=O) groups is 2. The monoisotopic (exact) mass is 495 g/mol. The molecule has 0 saturated heterocycles. The van der Waals surface area contributed by atoms with Crippen molar-refractivity contribution in [3.63, 3.8) is 0 Å². The van der Waals surface area contributed by atoms with E-state index in [-0.39, 0.29) is 11.8 Å². The number of hydrogen-bond donors (Lipinski definition) is 3. The molecule has 4 aromatic heterocycles. The van der Waals surface area contributed by atoms with Gasteiger partial charge in [0.2, 0.25) is 5.91 Å². The van der Waals surface area contributed by atoms with Crippen molar-refractivity contribution >= 4 is 50.7 Å². The van der Waals surface area contributed by atoms with E-state index in [9.17, 15) is 9.59 Å². The summed E-state index contributed by atoms with van der Waals surface area (Å²) < 4.78 is 0. The molecule has 1 unspecified atom stereocenters. The number of carbonyl (C=O) groups excluding carboxylic acids is 2. The Morgan fingerprint density at radius 2 is 1.94 bits per heavy atom. The highest BCUT2D eigenvalue weighted by Crippen LogP contribution is 2.29. The third-order valence-corrected chi connectivity index (χ3v) is 7.63. The molecule has 0 aliphatic carbocycles. The lowest BCUT2D eigenvalue weighted by Crippen LogP contribution is -2.50. The number of benzene rings is 1. The van der Waals surface area contributed by atoms with E-state index in [4.69, 9.17) is 0 Å². The molecule has 2 amide bonds. The van der Waals surface area contributed by atoms with Crippen molar-refractivity contribution < 1.29 is 9.59 Å². The molecule has 0 radical (unpaired) electrons. The normalized spacial score (nSPS) is 14.7. The van der Waals surface area contributed by atoms with Gasteiger partial charge in [-0.15, -0.1) is 11.3 Å². The second-order valence-electron chi connectivity index (χ2n) is 8.93. The minimum Gasteiger partial charge on any atom is -0.361 e. The second kappa shape index (κ2) is 9.47. The van der Waals surface area contributed by atoms with E-state index >= 15 is 0 Å². The van der Waals surface area contributed by atoms with Crippen molar-refractivity contribution in [2.75, 3.05) is 13.1 Å². The average Bonchev–Trinajstić information content (AvgIpc) is 3.68. The van der Waals surface area contributed by atoms with E-state index in [0.29, 0.717) is 24.4 Å². The molecule has 5 heterocycles. The highest BCUT2D eigenvalue weighted by atomic mass is 32.1. The third-order valence-electron chi connectivity index (χ3n) is 6.77. The molecular formula is C28H25N5O2S. The minimum atomic E-state index is -0.661. The Morgan fingerprint density at radius 1 is 1.06 bits per heavy atom. The number of para-hydroxylation sites is 1. The van der Waals surface area contributed by atoms with Gasteiger partial charge in [-0.05, 0) is 47.2 Å². The van der Waals surface area contributed by atoms with E-state index in [2.05, 4.69) is 32.4 Å². The van der Waals surface area contributed by atoms with Crippen molar-refractivity contribution in [1.82, 2.24) is 25.2 Å². The van der Waals surface area contributed by atoms with Crippen LogP contribution in [0.3, 0.4) is 0 Å². The Balaban J connectivity index is 1.24. The molecule has 6 rings (SSSR count). The topological polar surface area (TPSA) is 93.9 Å². The van der Waals surface area contributed by atoms with Gasteiger partial charge in [-0.3, -0.25) is 9.59 Å². The predicted molar refractivity (Wildman–Crippen MR) is 143 cm³/mol. The third kappa shape index (κ3) is 4.20. The van der Waals surface area contributed by atoms with Gasteiger partial charge in [-0.2, -0.15) is 0 Å². The first-order valence-electron chi connectivity index (χ1n) is 12.0. The van der Waals surface area contributed by atoms with Crippen LogP contribution in [-0.4, -0.2) is 50.8 Å². The lowest BCUT2D eigenvalue weighted by Gasteiger charge is -2.30. The highest BCUT2D eigenvalue weighted by molar-refractivity contribution is 7.12. The summed E-state index contributed by atoms with van der Waals surface area (Å²) in [5.41, 5.74) is 5.22. The molecule has 0 saturated carbocycles. The van der Waals surface area contributed by atoms with Crippen LogP contribution < -0.4 is 5.32 Å². The SMILES string of the molecule is O=C(NC(Cc1c[nH]c2ccccc12)C(=O)N1CC=C(c2c[nH]c3ncccc23)CC1)c1cccs1. The second-order valence-corrected chi connectivity index (χ2v) is 9.88. The minimum absolute atomic E-state index is 0.0684. The highest BCUT2D eigenvalue weighted by Gasteiger charge is 2.29. The van der Waals surface area contributed by atoms with Crippen LogP contribution in [-0.2, 0) is 11.2 Å². The van der Waals surface area contributed by atoms with E-state index in [1.807, 2.05) is 59.1 Å². The Bertz CT molecular complexity index is 1580. The molecule has 1 aromatic carbocycles. The van der Waals surface area contributed by atoms with Gasteiger partial charge >= 0.3 is 0 Å². The summed E-state index contributed by atoms with van der Waals surface area (Å²) in [5.74, 6) is -0.288. The van der Waals surface area contributed by atoms with Gasteiger partial charge in [0.1, 0.15) is 11.7 Å². The number of nitrogens with one attached hydrogen (secondary N) is 3. The van der Waals surface area contributed by atoms with Gasteiger partial charge in [0.15, 0.2) is 0 Å². The van der Waals surface area contributed by atoms with E-state index < -0.39 is 6.04 Å². The lowest BCUT2D eigenvalue weighted by atomic mass is 9.98. The van der Waals surface area contributed by atoms with Crippen LogP contribution in [0.1, 0.15) is 27.2 Å². The summed E-state index contributed by atoms with van der Waals surface area (Å²) in [6, 6.07) is 15.0. The summed E-state index contributed by atoms with van der Waals surface area (Å²) >= 11 is 1.37. The Hall–Kier alpha value is -4.17. The van der Waals surface area contributed by atoms with Crippen molar-refractivity contribution in [1.29, 1.82) is 0 Å². The van der Waals surface area contributed by atoms with Crippen molar-refractivity contribution in [2.24, 2.45) is 0 Å². The number of aromatic amines is 2. The Kier molecular flexibility index (Phi) is 5.87. The lowest BCUT2D eigenvalue weighted by molar-refractivity contribution is -0.132. The average molecular weight is 496 g/mol. The van der Waals surface area contributed by atoms with Crippen LogP contribution in [0.5, 0.6) is 0 Å². The first-order chi connectivity index (χ1) is 17.7. The summed E-state index contributed by atoms with van der Waals surface area (Å²) in [4.78, 5) is 40.0. The number of rotatable bonds is 6. The van der Waals surface area contributed by atoms with Gasteiger partial charge in [0, 0.05) is 60.0 Å². The molecule has 36 heavy (non-hydrogen) atoms. The molecule has 180 valence electrons. The molecule has 8 heteroatoms. The molecule has 7 nitrogen and oxygen atoms in total. The first kappa shape index (κ1) is 22.3. The number of pyridine rings is 1. The fraction of sp³-hybridized carbons (Fsp3) is 0.179. The standard InChI is InChI=1S/C28H25N5O2S/c34-27(25-8-4-14-36-25)32-24(15-19-16-30-23-7-2-1-5-20(19)23)28(35)33-12-9-18(10-13-33)22-17-31-26-21(22)6-3-11-29-26/h1-9,11,14,16-17,24,30H,10,12-13,15H2,(H,29,31)(H,32,34). The zero-order chi connectivity index (χ0) is 24.5. The summed E-state index contributed by atoms with van der Waals surface area (Å²) in [7, 11) is 0. The number of nitrogens with zero attached hydrogens (tertiary/aromatic N) is 2. The van der Waals surface area contributed by atoms with Crippen LogP contribution in [0.25, 0.3) is 27.5 Å². The molecule has 0 bridgehead atoms. The van der Waals surface area contributed by atoms with Crippen molar-refractivity contribution in [2.45, 2.75) is 18.9 Å². The largest absolute Gasteiger partial charge is 0.361 e.